The molecule has 6 nitrogen and oxygen atoms in total. The van der Waals surface area contributed by atoms with Crippen molar-refractivity contribution in [2.75, 3.05) is 33.9 Å². The number of methoxy groups -OCH3 is 1. The Bertz CT molecular complexity index is 1130. The van der Waals surface area contributed by atoms with Crippen molar-refractivity contribution in [3.63, 3.8) is 0 Å². The third-order valence-corrected chi connectivity index (χ3v) is 7.91. The predicted octanol–water partition coefficient (Wildman–Crippen LogP) is 5.41. The van der Waals surface area contributed by atoms with Gasteiger partial charge in [0, 0.05) is 42.9 Å². The van der Waals surface area contributed by atoms with Gasteiger partial charge in [0.1, 0.15) is 6.61 Å². The van der Waals surface area contributed by atoms with Crippen LogP contribution in [0.3, 0.4) is 0 Å². The largest absolute Gasteiger partial charge is 0.378 e. The number of likely N-dealkylation sites (N-methyl/N-ethyl adjacent to an activating group) is 1. The Morgan fingerprint density at radius 3 is 2.83 bits per heavy atom. The first kappa shape index (κ1) is 24.9. The number of aromatic nitrogens is 2. The van der Waals surface area contributed by atoms with Crippen LogP contribution in [0.15, 0.2) is 41.2 Å². The molecular formula is C26H33BrF2N4O2. The molecule has 5 rings (SSSR count). The van der Waals surface area contributed by atoms with E-state index in [0.717, 1.165) is 46.8 Å². The van der Waals surface area contributed by atoms with Crippen LogP contribution in [0.2, 0.25) is 0 Å². The van der Waals surface area contributed by atoms with Crippen molar-refractivity contribution in [2.45, 2.75) is 62.9 Å². The number of allylic oxidation sites excluding steroid dienone is 2. The standard InChI is InChI=1S/C26H33BrF2N4O2/c1-17-12-20-19(8-10-22-21(20)13-30-33(22)24-6-4-5-11-35-24)25(23-9-7-18(27)14-31(23)2)32(17)15-26(28,29)16-34-3/h7-10,13-14,17,23-25H,4-6,11-12,15-16H2,1-3H3/t17-,23?,24?,25+/m1/s1. The molecule has 190 valence electrons. The molecule has 0 saturated carbocycles. The Balaban J connectivity index is 1.59. The lowest BCUT2D eigenvalue weighted by Crippen LogP contribution is -2.54. The van der Waals surface area contributed by atoms with Gasteiger partial charge in [0.2, 0.25) is 0 Å². The lowest BCUT2D eigenvalue weighted by molar-refractivity contribution is -0.102. The van der Waals surface area contributed by atoms with E-state index in [4.69, 9.17) is 14.6 Å². The molecule has 4 heterocycles. The molecule has 1 aromatic carbocycles. The van der Waals surface area contributed by atoms with E-state index >= 15 is 0 Å². The summed E-state index contributed by atoms with van der Waals surface area (Å²) in [6.07, 6.45) is 11.8. The quantitative estimate of drug-likeness (QED) is 0.481. The first-order valence-corrected chi connectivity index (χ1v) is 13.1. The summed E-state index contributed by atoms with van der Waals surface area (Å²) in [5.41, 5.74) is 3.33. The summed E-state index contributed by atoms with van der Waals surface area (Å²) < 4.78 is 43.6. The number of benzene rings is 1. The van der Waals surface area contributed by atoms with Gasteiger partial charge in [-0.25, -0.2) is 13.5 Å². The molecule has 0 bridgehead atoms. The summed E-state index contributed by atoms with van der Waals surface area (Å²) in [6, 6.07) is 3.79. The smallest absolute Gasteiger partial charge is 0.283 e. The van der Waals surface area contributed by atoms with Crippen molar-refractivity contribution in [2.24, 2.45) is 0 Å². The number of alkyl halides is 2. The number of nitrogens with zero attached hydrogens (tertiary/aromatic N) is 4. The minimum atomic E-state index is -2.94. The highest BCUT2D eigenvalue weighted by atomic mass is 79.9. The number of ether oxygens (including phenoxy) is 2. The topological polar surface area (TPSA) is 42.8 Å². The van der Waals surface area contributed by atoms with Crippen LogP contribution in [0, 0.1) is 0 Å². The zero-order valence-corrected chi connectivity index (χ0v) is 22.0. The Kier molecular flexibility index (Phi) is 7.05. The predicted molar refractivity (Wildman–Crippen MR) is 136 cm³/mol. The molecule has 2 aromatic rings. The molecule has 1 fully saturated rings. The fraction of sp³-hybridized carbons (Fsp3) is 0.577. The summed E-state index contributed by atoms with van der Waals surface area (Å²) in [5, 5.41) is 5.81. The van der Waals surface area contributed by atoms with E-state index in [9.17, 15) is 8.78 Å². The minimum Gasteiger partial charge on any atom is -0.378 e. The molecule has 0 radical (unpaired) electrons. The van der Waals surface area contributed by atoms with Crippen LogP contribution in [0.25, 0.3) is 10.9 Å². The summed E-state index contributed by atoms with van der Waals surface area (Å²) in [7, 11) is 3.32. The Hall–Kier alpha value is -1.81. The van der Waals surface area contributed by atoms with Crippen LogP contribution in [-0.4, -0.2) is 71.5 Å². The van der Waals surface area contributed by atoms with E-state index < -0.39 is 12.5 Å². The van der Waals surface area contributed by atoms with Crippen molar-refractivity contribution in [1.82, 2.24) is 19.6 Å². The van der Waals surface area contributed by atoms with Gasteiger partial charge in [-0.05, 0) is 71.8 Å². The highest BCUT2D eigenvalue weighted by Crippen LogP contribution is 2.43. The first-order valence-electron chi connectivity index (χ1n) is 12.3. The molecule has 1 saturated heterocycles. The van der Waals surface area contributed by atoms with E-state index in [1.807, 2.05) is 42.0 Å². The van der Waals surface area contributed by atoms with Crippen LogP contribution in [0.4, 0.5) is 8.78 Å². The maximum atomic E-state index is 14.9. The Labute approximate surface area is 213 Å². The summed E-state index contributed by atoms with van der Waals surface area (Å²) >= 11 is 3.54. The molecule has 4 atom stereocenters. The van der Waals surface area contributed by atoms with Gasteiger partial charge in [0.25, 0.3) is 5.92 Å². The number of rotatable bonds is 6. The van der Waals surface area contributed by atoms with Gasteiger partial charge in [0.05, 0.1) is 30.3 Å². The van der Waals surface area contributed by atoms with Crippen molar-refractivity contribution >= 4 is 26.8 Å². The first-order chi connectivity index (χ1) is 16.8. The zero-order chi connectivity index (χ0) is 24.7. The Morgan fingerprint density at radius 1 is 1.29 bits per heavy atom. The molecule has 3 aliphatic heterocycles. The maximum Gasteiger partial charge on any atom is 0.283 e. The lowest BCUT2D eigenvalue weighted by Gasteiger charge is -2.48. The molecule has 1 aromatic heterocycles. The van der Waals surface area contributed by atoms with E-state index in [-0.39, 0.29) is 30.9 Å². The fourth-order valence-electron chi connectivity index (χ4n) is 5.85. The van der Waals surface area contributed by atoms with E-state index in [1.165, 1.54) is 12.7 Å². The normalized spacial score (nSPS) is 27.8. The zero-order valence-electron chi connectivity index (χ0n) is 20.5. The second kappa shape index (κ2) is 9.92. The highest BCUT2D eigenvalue weighted by molar-refractivity contribution is 9.11. The number of fused-ring (bicyclic) bond motifs is 3. The second-order valence-corrected chi connectivity index (χ2v) is 10.9. The van der Waals surface area contributed by atoms with E-state index in [2.05, 4.69) is 39.0 Å². The van der Waals surface area contributed by atoms with Crippen molar-refractivity contribution in [3.05, 3.63) is 52.3 Å². The number of hydrogen-bond acceptors (Lipinski definition) is 5. The van der Waals surface area contributed by atoms with Crippen molar-refractivity contribution in [3.8, 4) is 0 Å². The molecule has 3 aliphatic rings. The van der Waals surface area contributed by atoms with Gasteiger partial charge >= 0.3 is 0 Å². The van der Waals surface area contributed by atoms with E-state index in [0.29, 0.717) is 6.42 Å². The number of hydrogen-bond donors (Lipinski definition) is 0. The van der Waals surface area contributed by atoms with Crippen molar-refractivity contribution in [1.29, 1.82) is 0 Å². The van der Waals surface area contributed by atoms with Gasteiger partial charge in [-0.1, -0.05) is 12.1 Å². The second-order valence-electron chi connectivity index (χ2n) is 9.96. The third-order valence-electron chi connectivity index (χ3n) is 7.44. The summed E-state index contributed by atoms with van der Waals surface area (Å²) in [4.78, 5) is 4.06. The summed E-state index contributed by atoms with van der Waals surface area (Å²) in [6.45, 7) is 1.85. The van der Waals surface area contributed by atoms with Gasteiger partial charge in [-0.3, -0.25) is 4.90 Å². The molecule has 35 heavy (non-hydrogen) atoms. The van der Waals surface area contributed by atoms with Gasteiger partial charge in [-0.2, -0.15) is 5.10 Å². The number of halogens is 3. The van der Waals surface area contributed by atoms with Crippen LogP contribution < -0.4 is 0 Å². The van der Waals surface area contributed by atoms with Gasteiger partial charge in [-0.15, -0.1) is 0 Å². The fourth-order valence-corrected chi connectivity index (χ4v) is 6.32. The van der Waals surface area contributed by atoms with Crippen molar-refractivity contribution < 1.29 is 18.3 Å². The molecule has 2 unspecified atom stereocenters. The van der Waals surface area contributed by atoms with Gasteiger partial charge in [0.15, 0.2) is 6.23 Å². The molecular weight excluding hydrogens is 518 g/mol. The van der Waals surface area contributed by atoms with Crippen LogP contribution >= 0.6 is 15.9 Å². The average Bonchev–Trinajstić information content (AvgIpc) is 3.25. The van der Waals surface area contributed by atoms with E-state index in [1.54, 1.807) is 0 Å². The van der Waals surface area contributed by atoms with Crippen LogP contribution in [-0.2, 0) is 15.9 Å². The lowest BCUT2D eigenvalue weighted by atomic mass is 9.82. The third kappa shape index (κ3) is 4.80. The highest BCUT2D eigenvalue weighted by Gasteiger charge is 2.44. The Morgan fingerprint density at radius 2 is 2.11 bits per heavy atom. The average molecular weight is 551 g/mol. The SMILES string of the molecule is COCC(F)(F)CN1[C@H](C)Cc2c(ccc3c2cnn3C2CCCCO2)[C@H]1C1C=CC(Br)=CN1C. The molecule has 0 amide bonds. The molecule has 0 N–H and O–H groups in total. The molecule has 0 spiro atoms. The minimum absolute atomic E-state index is 0.0461. The monoisotopic (exact) mass is 550 g/mol. The molecule has 0 aliphatic carbocycles. The van der Waals surface area contributed by atoms with Gasteiger partial charge < -0.3 is 14.4 Å². The maximum absolute atomic E-state index is 14.9. The summed E-state index contributed by atoms with van der Waals surface area (Å²) in [5.74, 6) is -2.94. The van der Waals surface area contributed by atoms with Crippen LogP contribution in [0.1, 0.15) is 49.6 Å². The van der Waals surface area contributed by atoms with Crippen LogP contribution in [0.5, 0.6) is 0 Å². The molecule has 9 heteroatoms.